The van der Waals surface area contributed by atoms with Gasteiger partial charge in [0, 0.05) is 32.2 Å². The monoisotopic (exact) mass is 253 g/mol. The lowest BCUT2D eigenvalue weighted by Gasteiger charge is -2.19. The van der Waals surface area contributed by atoms with E-state index in [1.54, 1.807) is 0 Å². The molecule has 1 atom stereocenters. The first-order chi connectivity index (χ1) is 8.83. The predicted octanol–water partition coefficient (Wildman–Crippen LogP) is 2.76. The van der Waals surface area contributed by atoms with Gasteiger partial charge in [0.15, 0.2) is 0 Å². The van der Waals surface area contributed by atoms with Gasteiger partial charge in [0.25, 0.3) is 0 Å². The Morgan fingerprint density at radius 2 is 2.11 bits per heavy atom. The van der Waals surface area contributed by atoms with Crippen LogP contribution in [0, 0.1) is 0 Å². The Hall–Kier alpha value is -0.870. The third kappa shape index (κ3) is 4.78. The number of hydrogen-bond donors (Lipinski definition) is 1. The molecule has 4 nitrogen and oxygen atoms in total. The second kappa shape index (κ2) is 9.11. The summed E-state index contributed by atoms with van der Waals surface area (Å²) in [5.74, 6) is 1.13. The van der Waals surface area contributed by atoms with Gasteiger partial charge in [0.2, 0.25) is 0 Å². The number of aryl methyl sites for hydroxylation is 1. The van der Waals surface area contributed by atoms with Crippen LogP contribution in [0.3, 0.4) is 0 Å². The van der Waals surface area contributed by atoms with Crippen LogP contribution in [-0.2, 0) is 11.3 Å². The standard InChI is InChI=1S/C14H27N3O/c1-4-8-15-13(7-12-18-11-5-2)14-16-9-10-17(14)6-3/h9-10,13,15H,4-8,11-12H2,1-3H3. The summed E-state index contributed by atoms with van der Waals surface area (Å²) in [5, 5.41) is 3.56. The molecule has 0 aliphatic heterocycles. The highest BCUT2D eigenvalue weighted by molar-refractivity contribution is 4.99. The van der Waals surface area contributed by atoms with E-state index in [2.05, 4.69) is 35.6 Å². The second-order valence-corrected chi connectivity index (χ2v) is 4.48. The maximum atomic E-state index is 5.59. The van der Waals surface area contributed by atoms with Crippen molar-refractivity contribution in [2.45, 2.75) is 52.6 Å². The highest BCUT2D eigenvalue weighted by atomic mass is 16.5. The Labute approximate surface area is 111 Å². The zero-order valence-corrected chi connectivity index (χ0v) is 12.0. The minimum absolute atomic E-state index is 0.303. The van der Waals surface area contributed by atoms with Gasteiger partial charge in [0.1, 0.15) is 5.82 Å². The molecule has 0 radical (unpaired) electrons. The molecule has 0 aliphatic rings. The summed E-state index contributed by atoms with van der Waals surface area (Å²) in [6.45, 7) is 10.1. The van der Waals surface area contributed by atoms with Crippen molar-refractivity contribution in [1.82, 2.24) is 14.9 Å². The van der Waals surface area contributed by atoms with Crippen LogP contribution in [0.4, 0.5) is 0 Å². The summed E-state index contributed by atoms with van der Waals surface area (Å²) >= 11 is 0. The Morgan fingerprint density at radius 1 is 1.28 bits per heavy atom. The van der Waals surface area contributed by atoms with Crippen molar-refractivity contribution in [3.63, 3.8) is 0 Å². The van der Waals surface area contributed by atoms with Crippen LogP contribution in [0.2, 0.25) is 0 Å². The fourth-order valence-corrected chi connectivity index (χ4v) is 1.99. The molecule has 0 spiro atoms. The van der Waals surface area contributed by atoms with E-state index in [1.165, 1.54) is 0 Å². The maximum absolute atomic E-state index is 5.59. The zero-order chi connectivity index (χ0) is 13.2. The van der Waals surface area contributed by atoms with Crippen molar-refractivity contribution in [3.8, 4) is 0 Å². The third-order valence-corrected chi connectivity index (χ3v) is 2.94. The van der Waals surface area contributed by atoms with E-state index in [4.69, 9.17) is 4.74 Å². The summed E-state index contributed by atoms with van der Waals surface area (Å²) in [6.07, 6.45) is 7.13. The summed E-state index contributed by atoms with van der Waals surface area (Å²) in [5.41, 5.74) is 0. The Bertz CT molecular complexity index is 312. The molecule has 18 heavy (non-hydrogen) atoms. The van der Waals surface area contributed by atoms with Gasteiger partial charge in [-0.25, -0.2) is 4.98 Å². The Morgan fingerprint density at radius 3 is 2.78 bits per heavy atom. The highest BCUT2D eigenvalue weighted by Crippen LogP contribution is 2.15. The van der Waals surface area contributed by atoms with Crippen LogP contribution in [-0.4, -0.2) is 29.3 Å². The molecular formula is C14H27N3O. The summed E-state index contributed by atoms with van der Waals surface area (Å²) < 4.78 is 7.79. The molecule has 1 aromatic heterocycles. The fourth-order valence-electron chi connectivity index (χ4n) is 1.99. The van der Waals surface area contributed by atoms with Crippen molar-refractivity contribution in [2.75, 3.05) is 19.8 Å². The molecule has 0 saturated heterocycles. The number of nitrogens with one attached hydrogen (secondary N) is 1. The number of ether oxygens (including phenoxy) is 1. The van der Waals surface area contributed by atoms with Gasteiger partial charge in [0.05, 0.1) is 6.04 Å². The van der Waals surface area contributed by atoms with Crippen LogP contribution < -0.4 is 5.32 Å². The second-order valence-electron chi connectivity index (χ2n) is 4.48. The van der Waals surface area contributed by atoms with E-state index in [0.29, 0.717) is 6.04 Å². The lowest BCUT2D eigenvalue weighted by molar-refractivity contribution is 0.123. The van der Waals surface area contributed by atoms with Crippen LogP contribution >= 0.6 is 0 Å². The van der Waals surface area contributed by atoms with Crippen molar-refractivity contribution in [1.29, 1.82) is 0 Å². The van der Waals surface area contributed by atoms with E-state index in [-0.39, 0.29) is 0 Å². The number of rotatable bonds is 10. The topological polar surface area (TPSA) is 39.1 Å². The highest BCUT2D eigenvalue weighted by Gasteiger charge is 2.15. The van der Waals surface area contributed by atoms with Crippen molar-refractivity contribution in [2.24, 2.45) is 0 Å². The van der Waals surface area contributed by atoms with Crippen molar-refractivity contribution in [3.05, 3.63) is 18.2 Å². The van der Waals surface area contributed by atoms with Gasteiger partial charge < -0.3 is 14.6 Å². The summed E-state index contributed by atoms with van der Waals surface area (Å²) in [4.78, 5) is 4.48. The lowest BCUT2D eigenvalue weighted by Crippen LogP contribution is -2.26. The molecule has 0 bridgehead atoms. The van der Waals surface area contributed by atoms with E-state index in [9.17, 15) is 0 Å². The molecule has 1 rings (SSSR count). The van der Waals surface area contributed by atoms with E-state index in [0.717, 1.165) is 51.4 Å². The van der Waals surface area contributed by atoms with Gasteiger partial charge in [-0.3, -0.25) is 0 Å². The zero-order valence-electron chi connectivity index (χ0n) is 12.0. The number of hydrogen-bond acceptors (Lipinski definition) is 3. The molecule has 0 aliphatic carbocycles. The molecule has 0 aromatic carbocycles. The Kier molecular flexibility index (Phi) is 7.69. The van der Waals surface area contributed by atoms with Gasteiger partial charge in [-0.2, -0.15) is 0 Å². The van der Waals surface area contributed by atoms with Crippen molar-refractivity contribution >= 4 is 0 Å². The lowest BCUT2D eigenvalue weighted by atomic mass is 10.2. The first kappa shape index (κ1) is 15.2. The molecule has 1 aromatic rings. The minimum atomic E-state index is 0.303. The quantitative estimate of drug-likeness (QED) is 0.652. The first-order valence-corrected chi connectivity index (χ1v) is 7.15. The van der Waals surface area contributed by atoms with Crippen molar-refractivity contribution < 1.29 is 4.74 Å². The van der Waals surface area contributed by atoms with Gasteiger partial charge in [-0.1, -0.05) is 13.8 Å². The molecule has 0 amide bonds. The van der Waals surface area contributed by atoms with Gasteiger partial charge >= 0.3 is 0 Å². The number of aromatic nitrogens is 2. The minimum Gasteiger partial charge on any atom is -0.381 e. The fraction of sp³-hybridized carbons (Fsp3) is 0.786. The maximum Gasteiger partial charge on any atom is 0.125 e. The average Bonchev–Trinajstić information content (AvgIpc) is 2.86. The molecule has 104 valence electrons. The molecular weight excluding hydrogens is 226 g/mol. The summed E-state index contributed by atoms with van der Waals surface area (Å²) in [6, 6.07) is 0.303. The Balaban J connectivity index is 2.54. The molecule has 4 heteroatoms. The van der Waals surface area contributed by atoms with Gasteiger partial charge in [-0.15, -0.1) is 0 Å². The normalized spacial score (nSPS) is 12.8. The van der Waals surface area contributed by atoms with Crippen LogP contribution in [0.5, 0.6) is 0 Å². The first-order valence-electron chi connectivity index (χ1n) is 7.15. The third-order valence-electron chi connectivity index (χ3n) is 2.94. The molecule has 0 saturated carbocycles. The van der Waals surface area contributed by atoms with Gasteiger partial charge in [-0.05, 0) is 32.7 Å². The smallest absolute Gasteiger partial charge is 0.125 e. The van der Waals surface area contributed by atoms with Crippen LogP contribution in [0.15, 0.2) is 12.4 Å². The average molecular weight is 253 g/mol. The molecule has 0 fully saturated rings. The SMILES string of the molecule is CCCNC(CCOCCC)c1nccn1CC. The van der Waals surface area contributed by atoms with E-state index < -0.39 is 0 Å². The largest absolute Gasteiger partial charge is 0.381 e. The number of nitrogens with zero attached hydrogens (tertiary/aromatic N) is 2. The molecule has 1 N–H and O–H groups in total. The number of imidazole rings is 1. The molecule has 1 heterocycles. The van der Waals surface area contributed by atoms with Crippen LogP contribution in [0.25, 0.3) is 0 Å². The van der Waals surface area contributed by atoms with E-state index >= 15 is 0 Å². The summed E-state index contributed by atoms with van der Waals surface area (Å²) in [7, 11) is 0. The molecule has 1 unspecified atom stereocenters. The van der Waals surface area contributed by atoms with E-state index in [1.807, 2.05) is 12.4 Å². The predicted molar refractivity (Wildman–Crippen MR) is 74.7 cm³/mol. The van der Waals surface area contributed by atoms with Crippen LogP contribution in [0.1, 0.15) is 51.9 Å².